The molecule has 0 aromatic heterocycles. The van der Waals surface area contributed by atoms with Crippen LogP contribution >= 0.6 is 7.82 Å². The molecule has 0 fully saturated rings. The van der Waals surface area contributed by atoms with Crippen LogP contribution in [0.3, 0.4) is 0 Å². The number of phosphoric acid groups is 1. The van der Waals surface area contributed by atoms with E-state index in [-0.39, 0.29) is 17.8 Å². The summed E-state index contributed by atoms with van der Waals surface area (Å²) in [7, 11) is -4.53. The fourth-order valence-electron chi connectivity index (χ4n) is 2.18. The minimum atomic E-state index is -4.53. The lowest BCUT2D eigenvalue weighted by Gasteiger charge is -2.22. The molecule has 9 heteroatoms. The summed E-state index contributed by atoms with van der Waals surface area (Å²) >= 11 is 0. The van der Waals surface area contributed by atoms with E-state index in [0.29, 0.717) is 0 Å². The summed E-state index contributed by atoms with van der Waals surface area (Å²) < 4.78 is 28.3. The first-order valence-corrected chi connectivity index (χ1v) is 10.3. The molecule has 27 heavy (non-hydrogen) atoms. The fraction of sp³-hybridized carbons (Fsp3) is 0.556. The molecule has 0 saturated heterocycles. The number of rotatable bonds is 10. The van der Waals surface area contributed by atoms with Crippen molar-refractivity contribution in [1.82, 2.24) is 10.6 Å². The van der Waals surface area contributed by atoms with Crippen molar-refractivity contribution in [3.63, 3.8) is 0 Å². The lowest BCUT2D eigenvalue weighted by atomic mass is 10.3. The number of benzene rings is 1. The third-order valence-electron chi connectivity index (χ3n) is 3.24. The van der Waals surface area contributed by atoms with E-state index in [2.05, 4.69) is 10.6 Å². The van der Waals surface area contributed by atoms with Gasteiger partial charge in [0.05, 0.1) is 0 Å². The smallest absolute Gasteiger partial charge is 0.386 e. The van der Waals surface area contributed by atoms with Gasteiger partial charge in [0.2, 0.25) is 0 Å². The molecule has 0 aliphatic carbocycles. The zero-order chi connectivity index (χ0) is 20.6. The first kappa shape index (κ1) is 23.1. The number of carbonyl (C=O) groups is 2. The van der Waals surface area contributed by atoms with Crippen molar-refractivity contribution in [2.24, 2.45) is 0 Å². The Hall–Kier alpha value is -1.89. The van der Waals surface area contributed by atoms with Crippen LogP contribution in [0, 0.1) is 0 Å². The third-order valence-corrected chi connectivity index (χ3v) is 4.48. The van der Waals surface area contributed by atoms with Crippen LogP contribution in [0.4, 0.5) is 0 Å². The van der Waals surface area contributed by atoms with Gasteiger partial charge in [0.1, 0.15) is 17.8 Å². The van der Waals surface area contributed by atoms with Gasteiger partial charge in [-0.05, 0) is 26.0 Å². The Balaban J connectivity index is 2.96. The number of para-hydroxylation sites is 1. The molecular formula is C18H29N2O6P. The number of carbonyl (C=O) groups excluding carboxylic acids is 2. The second-order valence-electron chi connectivity index (χ2n) is 6.76. The van der Waals surface area contributed by atoms with Gasteiger partial charge in [0.15, 0.2) is 0 Å². The van der Waals surface area contributed by atoms with Crippen LogP contribution in [0.15, 0.2) is 30.3 Å². The standard InChI is InChI=1S/C18H29N2O6P/c1-12(2)19-14(5)17(21)25-27(23,24-16-10-8-7-9-11-16)26-18(22)15(6)20-13(3)4/h7-15,19-20H,1-6H3. The predicted octanol–water partition coefficient (Wildman–Crippen LogP) is 3.03. The second-order valence-corrected chi connectivity index (χ2v) is 8.20. The van der Waals surface area contributed by atoms with Crippen LogP contribution < -0.4 is 15.2 Å². The van der Waals surface area contributed by atoms with Crippen molar-refractivity contribution in [2.45, 2.75) is 65.7 Å². The monoisotopic (exact) mass is 400 g/mol. The van der Waals surface area contributed by atoms with E-state index in [0.717, 1.165) is 0 Å². The Morgan fingerprint density at radius 3 is 1.59 bits per heavy atom. The minimum Gasteiger partial charge on any atom is -0.386 e. The maximum atomic E-state index is 13.0. The van der Waals surface area contributed by atoms with Crippen molar-refractivity contribution >= 4 is 19.8 Å². The molecule has 2 N–H and O–H groups in total. The van der Waals surface area contributed by atoms with Crippen molar-refractivity contribution in [3.05, 3.63) is 30.3 Å². The largest absolute Gasteiger partial charge is 0.651 e. The van der Waals surface area contributed by atoms with Crippen LogP contribution in [0.25, 0.3) is 0 Å². The Labute approximate surface area is 160 Å². The van der Waals surface area contributed by atoms with Gasteiger partial charge in [-0.25, -0.2) is 9.59 Å². The number of nitrogens with one attached hydrogen (secondary N) is 2. The zero-order valence-electron chi connectivity index (χ0n) is 16.6. The molecule has 2 atom stereocenters. The SMILES string of the molecule is CC(C)NC(C)C(=O)OP(=O)(OC(=O)C(C)NC(C)C)Oc1ccccc1. The summed E-state index contributed by atoms with van der Waals surface area (Å²) in [5, 5.41) is 5.85. The maximum absolute atomic E-state index is 13.0. The van der Waals surface area contributed by atoms with Crippen molar-refractivity contribution in [2.75, 3.05) is 0 Å². The molecule has 0 bridgehead atoms. The zero-order valence-corrected chi connectivity index (χ0v) is 17.5. The first-order chi connectivity index (χ1) is 12.5. The molecule has 2 unspecified atom stereocenters. The molecule has 0 heterocycles. The minimum absolute atomic E-state index is 0.000193. The summed E-state index contributed by atoms with van der Waals surface area (Å²) in [6.07, 6.45) is 0. The molecule has 0 amide bonds. The van der Waals surface area contributed by atoms with Gasteiger partial charge in [0.25, 0.3) is 0 Å². The predicted molar refractivity (Wildman–Crippen MR) is 102 cm³/mol. The molecule has 1 aromatic carbocycles. The lowest BCUT2D eigenvalue weighted by molar-refractivity contribution is -0.142. The molecule has 1 aromatic rings. The molecule has 8 nitrogen and oxygen atoms in total. The third kappa shape index (κ3) is 8.56. The molecule has 0 spiro atoms. The van der Waals surface area contributed by atoms with E-state index in [1.165, 1.54) is 12.1 Å². The van der Waals surface area contributed by atoms with Gasteiger partial charge < -0.3 is 24.2 Å². The molecule has 0 aliphatic rings. The summed E-state index contributed by atoms with van der Waals surface area (Å²) in [5.41, 5.74) is 0. The van der Waals surface area contributed by atoms with Gasteiger partial charge in [-0.1, -0.05) is 45.9 Å². The van der Waals surface area contributed by atoms with Gasteiger partial charge in [0, 0.05) is 12.1 Å². The van der Waals surface area contributed by atoms with Crippen LogP contribution in [-0.4, -0.2) is 36.1 Å². The normalized spacial score (nSPS) is 15.7. The molecule has 1 rings (SSSR count). The number of hydrogen-bond donors (Lipinski definition) is 2. The Bertz CT molecular complexity index is 631. The van der Waals surface area contributed by atoms with E-state index in [4.69, 9.17) is 13.6 Å². The van der Waals surface area contributed by atoms with E-state index in [1.807, 2.05) is 27.7 Å². The summed E-state index contributed by atoms with van der Waals surface area (Å²) in [6.45, 7) is 10.5. The molecular weight excluding hydrogens is 371 g/mol. The topological polar surface area (TPSA) is 103 Å². The van der Waals surface area contributed by atoms with E-state index in [9.17, 15) is 14.2 Å². The molecule has 0 radical (unpaired) electrons. The van der Waals surface area contributed by atoms with Crippen LogP contribution in [0.5, 0.6) is 5.75 Å². The number of phosphoric ester groups is 1. The maximum Gasteiger partial charge on any atom is 0.651 e. The summed E-state index contributed by atoms with van der Waals surface area (Å²) in [6, 6.07) is 6.54. The van der Waals surface area contributed by atoms with E-state index in [1.54, 1.807) is 32.0 Å². The Morgan fingerprint density at radius 1 is 0.815 bits per heavy atom. The quantitative estimate of drug-likeness (QED) is 0.578. The Morgan fingerprint density at radius 2 is 1.22 bits per heavy atom. The fourth-order valence-corrected chi connectivity index (χ4v) is 3.43. The van der Waals surface area contributed by atoms with Gasteiger partial charge >= 0.3 is 19.8 Å². The second kappa shape index (κ2) is 10.4. The molecule has 0 saturated carbocycles. The average Bonchev–Trinajstić information content (AvgIpc) is 2.53. The Kier molecular flexibility index (Phi) is 8.96. The molecule has 0 aliphatic heterocycles. The van der Waals surface area contributed by atoms with Crippen molar-refractivity contribution in [1.29, 1.82) is 0 Å². The highest BCUT2D eigenvalue weighted by Gasteiger charge is 2.40. The summed E-state index contributed by atoms with van der Waals surface area (Å²) in [4.78, 5) is 24.5. The highest BCUT2D eigenvalue weighted by atomic mass is 31.2. The molecule has 152 valence electrons. The highest BCUT2D eigenvalue weighted by Crippen LogP contribution is 2.50. The highest BCUT2D eigenvalue weighted by molar-refractivity contribution is 7.50. The van der Waals surface area contributed by atoms with Crippen molar-refractivity contribution in [3.8, 4) is 5.75 Å². The summed E-state index contributed by atoms with van der Waals surface area (Å²) in [5.74, 6) is -1.55. The lowest BCUT2D eigenvalue weighted by Crippen LogP contribution is -2.41. The van der Waals surface area contributed by atoms with Gasteiger partial charge in [-0.2, -0.15) is 4.57 Å². The average molecular weight is 400 g/mol. The van der Waals surface area contributed by atoms with Crippen LogP contribution in [0.2, 0.25) is 0 Å². The van der Waals surface area contributed by atoms with Crippen molar-refractivity contribution < 1.29 is 27.7 Å². The van der Waals surface area contributed by atoms with E-state index >= 15 is 0 Å². The number of hydrogen-bond acceptors (Lipinski definition) is 8. The first-order valence-electron chi connectivity index (χ1n) is 8.86. The van der Waals surface area contributed by atoms with E-state index < -0.39 is 31.8 Å². The van der Waals surface area contributed by atoms with Gasteiger partial charge in [-0.15, -0.1) is 0 Å². The van der Waals surface area contributed by atoms with Crippen LogP contribution in [-0.2, 0) is 23.2 Å². The van der Waals surface area contributed by atoms with Crippen LogP contribution in [0.1, 0.15) is 41.5 Å². The van der Waals surface area contributed by atoms with Gasteiger partial charge in [-0.3, -0.25) is 0 Å².